The molecule has 2 aromatic carbocycles. The van der Waals surface area contributed by atoms with Crippen molar-refractivity contribution >= 4 is 29.7 Å². The van der Waals surface area contributed by atoms with Crippen molar-refractivity contribution in [2.24, 2.45) is 0 Å². The molecule has 3 N–H and O–H groups in total. The number of nitrogen functional groups attached to an aromatic ring is 1. The lowest BCUT2D eigenvalue weighted by atomic mass is 9.92. The van der Waals surface area contributed by atoms with E-state index in [-0.39, 0.29) is 30.3 Å². The molecule has 0 aliphatic heterocycles. The molecule has 25 heavy (non-hydrogen) atoms. The van der Waals surface area contributed by atoms with Crippen LogP contribution in [0.5, 0.6) is 0 Å². The van der Waals surface area contributed by atoms with Crippen LogP contribution in [-0.2, 0) is 11.0 Å². The van der Waals surface area contributed by atoms with Crippen molar-refractivity contribution in [2.45, 2.75) is 32.4 Å². The number of alkyl halides is 3. The van der Waals surface area contributed by atoms with Crippen LogP contribution in [0.15, 0.2) is 42.5 Å². The maximum absolute atomic E-state index is 13.1. The predicted octanol–water partition coefficient (Wildman–Crippen LogP) is 5.15. The normalized spacial score (nSPS) is 12.2. The Labute approximate surface area is 150 Å². The lowest BCUT2D eigenvalue weighted by molar-refractivity contribution is -0.138. The summed E-state index contributed by atoms with van der Waals surface area (Å²) in [5.74, 6) is -0.919. The third-order valence-corrected chi connectivity index (χ3v) is 3.82. The Hall–Kier alpha value is -2.21. The number of hydrogen-bond acceptors (Lipinski definition) is 2. The van der Waals surface area contributed by atoms with Gasteiger partial charge >= 0.3 is 6.18 Å². The molecule has 1 atom stereocenters. The van der Waals surface area contributed by atoms with Gasteiger partial charge in [-0.25, -0.2) is 0 Å². The van der Waals surface area contributed by atoms with E-state index in [1.807, 2.05) is 6.92 Å². The van der Waals surface area contributed by atoms with Crippen molar-refractivity contribution in [3.05, 3.63) is 59.2 Å². The molecular formula is C18H20ClF3N2O. The lowest BCUT2D eigenvalue weighted by Crippen LogP contribution is -2.17. The first-order valence-corrected chi connectivity index (χ1v) is 7.50. The maximum Gasteiger partial charge on any atom is 0.416 e. The average molecular weight is 373 g/mol. The van der Waals surface area contributed by atoms with Gasteiger partial charge in [-0.15, -0.1) is 12.4 Å². The summed E-state index contributed by atoms with van der Waals surface area (Å²) in [5, 5.41) is 2.71. The zero-order valence-corrected chi connectivity index (χ0v) is 14.7. The molecule has 0 aliphatic carbocycles. The summed E-state index contributed by atoms with van der Waals surface area (Å²) in [6.07, 6.45) is -4.49. The molecule has 0 saturated heterocycles. The van der Waals surface area contributed by atoms with E-state index in [0.29, 0.717) is 11.4 Å². The van der Waals surface area contributed by atoms with Crippen LogP contribution in [0.2, 0.25) is 0 Å². The van der Waals surface area contributed by atoms with Gasteiger partial charge in [-0.2, -0.15) is 13.2 Å². The molecule has 3 nitrogen and oxygen atoms in total. The highest BCUT2D eigenvalue weighted by Gasteiger charge is 2.34. The van der Waals surface area contributed by atoms with Crippen LogP contribution in [-0.4, -0.2) is 5.91 Å². The molecule has 0 heterocycles. The second kappa shape index (κ2) is 8.25. The smallest absolute Gasteiger partial charge is 0.399 e. The van der Waals surface area contributed by atoms with Crippen molar-refractivity contribution in [2.75, 3.05) is 11.1 Å². The zero-order chi connectivity index (χ0) is 17.9. The van der Waals surface area contributed by atoms with Crippen LogP contribution in [0.4, 0.5) is 24.5 Å². The Morgan fingerprint density at radius 1 is 1.20 bits per heavy atom. The first-order valence-electron chi connectivity index (χ1n) is 7.50. The Balaban J connectivity index is 0.00000312. The summed E-state index contributed by atoms with van der Waals surface area (Å²) in [5.41, 5.74) is 7.00. The van der Waals surface area contributed by atoms with Crippen LogP contribution in [0, 0.1) is 6.92 Å². The highest BCUT2D eigenvalue weighted by atomic mass is 35.5. The summed E-state index contributed by atoms with van der Waals surface area (Å²) in [4.78, 5) is 12.2. The van der Waals surface area contributed by atoms with Gasteiger partial charge in [-0.1, -0.05) is 31.2 Å². The van der Waals surface area contributed by atoms with E-state index >= 15 is 0 Å². The summed E-state index contributed by atoms with van der Waals surface area (Å²) < 4.78 is 39.2. The molecule has 2 aromatic rings. The van der Waals surface area contributed by atoms with Gasteiger partial charge in [-0.3, -0.25) is 4.79 Å². The standard InChI is InChI=1S/C18H19F3N2O.ClH/c1-11-7-8-13(22)10-16(11)23-17(24)9-12(2)14-5-3-4-6-15(14)18(19,20)21;/h3-8,10,12H,9,22H2,1-2H3,(H,23,24);1H. The number of carbonyl (C=O) groups excluding carboxylic acids is 1. The summed E-state index contributed by atoms with van der Waals surface area (Å²) in [6.45, 7) is 3.42. The fraction of sp³-hybridized carbons (Fsp3) is 0.278. The van der Waals surface area contributed by atoms with Crippen molar-refractivity contribution < 1.29 is 18.0 Å². The number of hydrogen-bond donors (Lipinski definition) is 2. The quantitative estimate of drug-likeness (QED) is 0.729. The van der Waals surface area contributed by atoms with Gasteiger partial charge in [0, 0.05) is 17.8 Å². The minimum absolute atomic E-state index is 0. The van der Waals surface area contributed by atoms with Crippen molar-refractivity contribution in [1.29, 1.82) is 0 Å². The number of nitrogens with one attached hydrogen (secondary N) is 1. The number of amides is 1. The number of rotatable bonds is 4. The molecule has 1 unspecified atom stereocenters. The van der Waals surface area contributed by atoms with Gasteiger partial charge < -0.3 is 11.1 Å². The van der Waals surface area contributed by atoms with E-state index in [1.54, 1.807) is 31.2 Å². The molecule has 0 aromatic heterocycles. The molecule has 136 valence electrons. The second-order valence-electron chi connectivity index (χ2n) is 5.81. The molecule has 1 amide bonds. The van der Waals surface area contributed by atoms with E-state index in [9.17, 15) is 18.0 Å². The van der Waals surface area contributed by atoms with Crippen LogP contribution >= 0.6 is 12.4 Å². The minimum atomic E-state index is -4.44. The van der Waals surface area contributed by atoms with Gasteiger partial charge in [0.2, 0.25) is 5.91 Å². The molecule has 7 heteroatoms. The number of aryl methyl sites for hydroxylation is 1. The van der Waals surface area contributed by atoms with Gasteiger partial charge in [0.15, 0.2) is 0 Å². The monoisotopic (exact) mass is 372 g/mol. The number of halogens is 4. The summed E-state index contributed by atoms with van der Waals surface area (Å²) in [6, 6.07) is 10.4. The third kappa shape index (κ3) is 5.39. The molecular weight excluding hydrogens is 353 g/mol. The molecule has 2 rings (SSSR count). The van der Waals surface area contributed by atoms with Crippen LogP contribution < -0.4 is 11.1 Å². The molecule has 0 saturated carbocycles. The SMILES string of the molecule is Cc1ccc(N)cc1NC(=O)CC(C)c1ccccc1C(F)(F)F.Cl. The van der Waals surface area contributed by atoms with E-state index in [2.05, 4.69) is 5.32 Å². The fourth-order valence-corrected chi connectivity index (χ4v) is 2.55. The largest absolute Gasteiger partial charge is 0.416 e. The fourth-order valence-electron chi connectivity index (χ4n) is 2.55. The van der Waals surface area contributed by atoms with Gasteiger partial charge in [-0.05, 0) is 42.2 Å². The predicted molar refractivity (Wildman–Crippen MR) is 95.9 cm³/mol. The molecule has 0 spiro atoms. The topological polar surface area (TPSA) is 55.1 Å². The van der Waals surface area contributed by atoms with E-state index in [1.165, 1.54) is 12.1 Å². The molecule has 0 aliphatic rings. The third-order valence-electron chi connectivity index (χ3n) is 3.82. The Morgan fingerprint density at radius 3 is 2.48 bits per heavy atom. The lowest BCUT2D eigenvalue weighted by Gasteiger charge is -2.18. The Kier molecular flexibility index (Phi) is 6.87. The first kappa shape index (κ1) is 20.8. The van der Waals surface area contributed by atoms with Crippen LogP contribution in [0.25, 0.3) is 0 Å². The maximum atomic E-state index is 13.1. The zero-order valence-electron chi connectivity index (χ0n) is 13.9. The summed E-state index contributed by atoms with van der Waals surface area (Å²) >= 11 is 0. The Morgan fingerprint density at radius 2 is 1.84 bits per heavy atom. The van der Waals surface area contributed by atoms with E-state index < -0.39 is 17.7 Å². The number of benzene rings is 2. The summed E-state index contributed by atoms with van der Waals surface area (Å²) in [7, 11) is 0. The minimum Gasteiger partial charge on any atom is -0.399 e. The second-order valence-corrected chi connectivity index (χ2v) is 5.81. The van der Waals surface area contributed by atoms with Crippen molar-refractivity contribution in [1.82, 2.24) is 0 Å². The van der Waals surface area contributed by atoms with Crippen LogP contribution in [0.1, 0.15) is 36.0 Å². The van der Waals surface area contributed by atoms with Gasteiger partial charge in [0.05, 0.1) is 5.56 Å². The van der Waals surface area contributed by atoms with Crippen molar-refractivity contribution in [3.8, 4) is 0 Å². The number of carbonyl (C=O) groups is 1. The highest BCUT2D eigenvalue weighted by Crippen LogP contribution is 2.36. The van der Waals surface area contributed by atoms with Crippen molar-refractivity contribution in [3.63, 3.8) is 0 Å². The molecule has 0 radical (unpaired) electrons. The van der Waals surface area contributed by atoms with E-state index in [0.717, 1.165) is 11.6 Å². The highest BCUT2D eigenvalue weighted by molar-refractivity contribution is 5.92. The number of anilines is 2. The first-order chi connectivity index (χ1) is 11.2. The van der Waals surface area contributed by atoms with E-state index in [4.69, 9.17) is 5.73 Å². The van der Waals surface area contributed by atoms with Gasteiger partial charge in [0.25, 0.3) is 0 Å². The molecule has 0 bridgehead atoms. The van der Waals surface area contributed by atoms with Crippen LogP contribution in [0.3, 0.4) is 0 Å². The average Bonchev–Trinajstić information content (AvgIpc) is 2.50. The number of nitrogens with two attached hydrogens (primary N) is 1. The Bertz CT molecular complexity index is 747. The van der Waals surface area contributed by atoms with Gasteiger partial charge in [0.1, 0.15) is 0 Å². The molecule has 0 fully saturated rings.